The molecule has 0 atom stereocenters. The van der Waals surface area contributed by atoms with E-state index in [4.69, 9.17) is 16.3 Å². The Bertz CT molecular complexity index is 786. The molecule has 9 heteroatoms. The number of sulfonamides is 1. The first-order chi connectivity index (χ1) is 9.83. The lowest BCUT2D eigenvalue weighted by molar-refractivity contribution is 0.0978. The predicted octanol–water partition coefficient (Wildman–Crippen LogP) is 2.23. The fourth-order valence-electron chi connectivity index (χ4n) is 1.53. The van der Waals surface area contributed by atoms with Gasteiger partial charge < -0.3 is 4.74 Å². The van der Waals surface area contributed by atoms with Gasteiger partial charge in [0.2, 0.25) is 5.88 Å². The van der Waals surface area contributed by atoms with Gasteiger partial charge in [-0.15, -0.1) is 11.3 Å². The second kappa shape index (κ2) is 6.00. The smallest absolute Gasteiger partial charge is 0.273 e. The molecule has 2 aromatic rings. The summed E-state index contributed by atoms with van der Waals surface area (Å²) in [5.74, 6) is -0.754. The van der Waals surface area contributed by atoms with E-state index in [-0.39, 0.29) is 15.7 Å². The molecule has 2 aromatic heterocycles. The van der Waals surface area contributed by atoms with Gasteiger partial charge in [0.15, 0.2) is 0 Å². The van der Waals surface area contributed by atoms with Crippen LogP contribution in [0, 0.1) is 6.92 Å². The highest BCUT2D eigenvalue weighted by Crippen LogP contribution is 2.25. The second-order valence-corrected chi connectivity index (χ2v) is 7.63. The summed E-state index contributed by atoms with van der Waals surface area (Å²) < 4.78 is 31.3. The number of hydrogen-bond donors (Lipinski definition) is 1. The van der Waals surface area contributed by atoms with Gasteiger partial charge in [0.05, 0.1) is 11.4 Å². The molecule has 0 aliphatic carbocycles. The topological polar surface area (TPSA) is 85.4 Å². The molecule has 2 rings (SSSR count). The minimum absolute atomic E-state index is 0.0364. The van der Waals surface area contributed by atoms with E-state index in [1.807, 2.05) is 4.72 Å². The summed E-state index contributed by atoms with van der Waals surface area (Å²) in [6.45, 7) is 1.73. The van der Waals surface area contributed by atoms with Crippen LogP contribution in [0.4, 0.5) is 0 Å². The Morgan fingerprint density at radius 3 is 2.62 bits per heavy atom. The fourth-order valence-corrected chi connectivity index (χ4v) is 3.98. The van der Waals surface area contributed by atoms with Crippen molar-refractivity contribution in [3.05, 3.63) is 39.9 Å². The number of carbonyl (C=O) groups is 1. The maximum Gasteiger partial charge on any atom is 0.273 e. The normalized spacial score (nSPS) is 11.2. The molecule has 21 heavy (non-hydrogen) atoms. The van der Waals surface area contributed by atoms with Crippen LogP contribution in [0.5, 0.6) is 5.88 Å². The van der Waals surface area contributed by atoms with Crippen molar-refractivity contribution in [2.45, 2.75) is 11.1 Å². The lowest BCUT2D eigenvalue weighted by atomic mass is 10.2. The van der Waals surface area contributed by atoms with Crippen molar-refractivity contribution >= 4 is 38.9 Å². The van der Waals surface area contributed by atoms with Crippen LogP contribution in [0.15, 0.2) is 28.5 Å². The van der Waals surface area contributed by atoms with Gasteiger partial charge in [-0.3, -0.25) is 4.79 Å². The van der Waals surface area contributed by atoms with Crippen LogP contribution < -0.4 is 9.46 Å². The van der Waals surface area contributed by atoms with E-state index in [1.165, 1.54) is 25.3 Å². The summed E-state index contributed by atoms with van der Waals surface area (Å²) in [7, 11) is -2.62. The first-order valence-corrected chi connectivity index (χ1v) is 8.35. The first kappa shape index (κ1) is 15.7. The van der Waals surface area contributed by atoms with E-state index < -0.39 is 15.9 Å². The van der Waals surface area contributed by atoms with Gasteiger partial charge in [-0.2, -0.15) is 0 Å². The number of carbonyl (C=O) groups excluding carboxylic acids is 1. The largest absolute Gasteiger partial charge is 0.480 e. The molecule has 1 amide bonds. The zero-order chi connectivity index (χ0) is 15.6. The van der Waals surface area contributed by atoms with Crippen molar-refractivity contribution < 1.29 is 17.9 Å². The number of aromatic nitrogens is 1. The van der Waals surface area contributed by atoms with Crippen molar-refractivity contribution in [1.29, 1.82) is 0 Å². The molecule has 0 fully saturated rings. The Labute approximate surface area is 130 Å². The number of hydrogen-bond acceptors (Lipinski definition) is 6. The Morgan fingerprint density at radius 2 is 2.05 bits per heavy atom. The average molecular weight is 347 g/mol. The number of methoxy groups -OCH3 is 1. The summed E-state index contributed by atoms with van der Waals surface area (Å²) in [6.07, 6.45) is 0. The van der Waals surface area contributed by atoms with E-state index in [0.29, 0.717) is 10.0 Å². The van der Waals surface area contributed by atoms with E-state index >= 15 is 0 Å². The number of amides is 1. The first-order valence-electron chi connectivity index (χ1n) is 5.67. The SMILES string of the molecule is COc1nc(C)ccc1C(=O)NS(=O)(=O)c1ccc(Cl)s1. The summed E-state index contributed by atoms with van der Waals surface area (Å²) >= 11 is 6.56. The van der Waals surface area contributed by atoms with E-state index in [1.54, 1.807) is 13.0 Å². The van der Waals surface area contributed by atoms with E-state index in [0.717, 1.165) is 11.3 Å². The molecule has 0 radical (unpaired) electrons. The van der Waals surface area contributed by atoms with Gasteiger partial charge in [0, 0.05) is 5.69 Å². The van der Waals surface area contributed by atoms with Crippen molar-refractivity contribution in [3.8, 4) is 5.88 Å². The van der Waals surface area contributed by atoms with Crippen molar-refractivity contribution in [2.75, 3.05) is 7.11 Å². The summed E-state index contributed by atoms with van der Waals surface area (Å²) in [4.78, 5) is 16.1. The van der Waals surface area contributed by atoms with Crippen LogP contribution >= 0.6 is 22.9 Å². The van der Waals surface area contributed by atoms with Crippen LogP contribution in [-0.2, 0) is 10.0 Å². The second-order valence-electron chi connectivity index (χ2n) is 4.00. The molecule has 0 bridgehead atoms. The quantitative estimate of drug-likeness (QED) is 0.917. The molecule has 0 aromatic carbocycles. The molecule has 0 aliphatic rings. The molecule has 0 unspecified atom stereocenters. The monoisotopic (exact) mass is 346 g/mol. The van der Waals surface area contributed by atoms with Crippen molar-refractivity contribution in [2.24, 2.45) is 0 Å². The lowest BCUT2D eigenvalue weighted by Gasteiger charge is -2.08. The summed E-state index contributed by atoms with van der Waals surface area (Å²) in [5, 5.41) is 0. The van der Waals surface area contributed by atoms with E-state index in [2.05, 4.69) is 4.98 Å². The van der Waals surface area contributed by atoms with Crippen molar-refractivity contribution in [1.82, 2.24) is 9.71 Å². The van der Waals surface area contributed by atoms with Crippen LogP contribution in [0.3, 0.4) is 0 Å². The lowest BCUT2D eigenvalue weighted by Crippen LogP contribution is -2.30. The third kappa shape index (κ3) is 3.52. The van der Waals surface area contributed by atoms with E-state index in [9.17, 15) is 13.2 Å². The average Bonchev–Trinajstić information content (AvgIpc) is 2.85. The minimum atomic E-state index is -3.97. The van der Waals surface area contributed by atoms with Gasteiger partial charge in [-0.25, -0.2) is 18.1 Å². The van der Waals surface area contributed by atoms with Crippen LogP contribution in [0.2, 0.25) is 4.34 Å². The number of pyridine rings is 1. The standard InChI is InChI=1S/C12H11ClN2O4S2/c1-7-3-4-8(12(14-7)19-2)11(16)15-21(17,18)10-6-5-9(13)20-10/h3-6H,1-2H3,(H,15,16). The molecule has 6 nitrogen and oxygen atoms in total. The molecule has 0 spiro atoms. The third-order valence-electron chi connectivity index (χ3n) is 2.48. The van der Waals surface area contributed by atoms with Gasteiger partial charge >= 0.3 is 0 Å². The van der Waals surface area contributed by atoms with Crippen molar-refractivity contribution in [3.63, 3.8) is 0 Å². The highest BCUT2D eigenvalue weighted by atomic mass is 35.5. The summed E-state index contributed by atoms with van der Waals surface area (Å²) in [5.41, 5.74) is 0.686. The zero-order valence-electron chi connectivity index (χ0n) is 11.1. The Morgan fingerprint density at radius 1 is 1.33 bits per heavy atom. The fraction of sp³-hybridized carbons (Fsp3) is 0.167. The molecule has 0 saturated heterocycles. The summed E-state index contributed by atoms with van der Waals surface area (Å²) in [6, 6.07) is 5.81. The molecule has 1 N–H and O–H groups in total. The number of thiophene rings is 1. The number of nitrogens with zero attached hydrogens (tertiary/aromatic N) is 1. The Balaban J connectivity index is 2.30. The number of rotatable bonds is 4. The maximum absolute atomic E-state index is 12.1. The number of aryl methyl sites for hydroxylation is 1. The number of ether oxygens (including phenoxy) is 1. The molecule has 112 valence electrons. The van der Waals surface area contributed by atoms with Gasteiger partial charge in [0.25, 0.3) is 15.9 Å². The third-order valence-corrected chi connectivity index (χ3v) is 5.53. The zero-order valence-corrected chi connectivity index (χ0v) is 13.5. The maximum atomic E-state index is 12.1. The molecular weight excluding hydrogens is 336 g/mol. The molecule has 2 heterocycles. The molecule has 0 aliphatic heterocycles. The Hall–Kier alpha value is -1.64. The molecular formula is C12H11ClN2O4S2. The van der Waals surface area contributed by atoms with Crippen LogP contribution in [0.1, 0.15) is 16.1 Å². The van der Waals surface area contributed by atoms with Crippen LogP contribution in [0.25, 0.3) is 0 Å². The number of halogens is 1. The molecule has 0 saturated carbocycles. The van der Waals surface area contributed by atoms with Gasteiger partial charge in [-0.05, 0) is 31.2 Å². The highest BCUT2D eigenvalue weighted by molar-refractivity contribution is 7.92. The minimum Gasteiger partial charge on any atom is -0.480 e. The van der Waals surface area contributed by atoms with Gasteiger partial charge in [-0.1, -0.05) is 11.6 Å². The highest BCUT2D eigenvalue weighted by Gasteiger charge is 2.23. The predicted molar refractivity (Wildman–Crippen MR) is 79.5 cm³/mol. The Kier molecular flexibility index (Phi) is 4.50. The number of nitrogens with one attached hydrogen (secondary N) is 1. The van der Waals surface area contributed by atoms with Gasteiger partial charge in [0.1, 0.15) is 9.77 Å². The van der Waals surface area contributed by atoms with Crippen LogP contribution in [-0.4, -0.2) is 26.4 Å².